The summed E-state index contributed by atoms with van der Waals surface area (Å²) in [6.45, 7) is -0.527. The number of benzene rings is 2. The fourth-order valence-electron chi connectivity index (χ4n) is 2.44. The van der Waals surface area contributed by atoms with Crippen LogP contribution in [-0.4, -0.2) is 28.8 Å². The van der Waals surface area contributed by atoms with Gasteiger partial charge in [0, 0.05) is 13.0 Å². The van der Waals surface area contributed by atoms with Crippen LogP contribution in [0.25, 0.3) is 11.1 Å². The molecule has 112 valence electrons. The van der Waals surface area contributed by atoms with E-state index in [1.807, 2.05) is 42.5 Å². The van der Waals surface area contributed by atoms with Crippen molar-refractivity contribution in [2.24, 2.45) is 0 Å². The smallest absolute Gasteiger partial charge is 0.157 e. The molecule has 3 N–H and O–H groups in total. The van der Waals surface area contributed by atoms with Gasteiger partial charge in [0.25, 0.3) is 0 Å². The van der Waals surface area contributed by atoms with Crippen LogP contribution in [0.5, 0.6) is 0 Å². The second-order valence-corrected chi connectivity index (χ2v) is 4.74. The second-order valence-electron chi connectivity index (χ2n) is 4.74. The minimum Gasteiger partial charge on any atom is -0.396 e. The van der Waals surface area contributed by atoms with Crippen molar-refractivity contribution >= 4 is 0 Å². The molecular weight excluding hydrogens is 272 g/mol. The van der Waals surface area contributed by atoms with Gasteiger partial charge in [-0.15, -0.1) is 0 Å². The van der Waals surface area contributed by atoms with Crippen LogP contribution >= 0.6 is 0 Å². The van der Waals surface area contributed by atoms with E-state index in [-0.39, 0.29) is 19.6 Å². The van der Waals surface area contributed by atoms with Gasteiger partial charge >= 0.3 is 0 Å². The van der Waals surface area contributed by atoms with E-state index in [2.05, 4.69) is 9.78 Å². The van der Waals surface area contributed by atoms with Crippen LogP contribution in [-0.2, 0) is 15.4 Å². The summed E-state index contributed by atoms with van der Waals surface area (Å²) in [5, 5.41) is 27.4. The average Bonchev–Trinajstić information content (AvgIpc) is 2.55. The first-order valence-electron chi connectivity index (χ1n) is 6.62. The highest BCUT2D eigenvalue weighted by molar-refractivity contribution is 5.68. The molecule has 2 aromatic carbocycles. The Kier molecular flexibility index (Phi) is 5.44. The third-order valence-electron chi connectivity index (χ3n) is 3.49. The van der Waals surface area contributed by atoms with Gasteiger partial charge in [-0.3, -0.25) is 10.5 Å². The van der Waals surface area contributed by atoms with Gasteiger partial charge in [-0.25, -0.2) is 9.78 Å². The molecule has 0 spiro atoms. The Bertz CT molecular complexity index is 550. The van der Waals surface area contributed by atoms with Crippen molar-refractivity contribution in [3.05, 3.63) is 60.2 Å². The zero-order valence-corrected chi connectivity index (χ0v) is 11.5. The van der Waals surface area contributed by atoms with Crippen molar-refractivity contribution in [2.45, 2.75) is 12.0 Å². The van der Waals surface area contributed by atoms with Crippen molar-refractivity contribution < 1.29 is 25.4 Å². The predicted molar refractivity (Wildman–Crippen MR) is 77.6 cm³/mol. The minimum atomic E-state index is -1.34. The molecule has 1 atom stereocenters. The van der Waals surface area contributed by atoms with E-state index in [1.165, 1.54) is 0 Å². The summed E-state index contributed by atoms with van der Waals surface area (Å²) < 4.78 is 0. The summed E-state index contributed by atoms with van der Waals surface area (Å²) in [4.78, 5) is 8.82. The van der Waals surface area contributed by atoms with Gasteiger partial charge in [-0.2, -0.15) is 0 Å². The molecule has 0 amide bonds. The maximum atomic E-state index is 9.36. The maximum Gasteiger partial charge on any atom is 0.157 e. The first-order valence-corrected chi connectivity index (χ1v) is 6.62. The third kappa shape index (κ3) is 3.29. The average molecular weight is 290 g/mol. The highest BCUT2D eigenvalue weighted by Gasteiger charge is 2.36. The topological polar surface area (TPSA) is 79.2 Å². The number of hydrogen-bond donors (Lipinski definition) is 3. The summed E-state index contributed by atoms with van der Waals surface area (Å²) in [6.07, 6.45) is 0.0773. The van der Waals surface area contributed by atoms with Crippen LogP contribution in [0.4, 0.5) is 0 Å². The molecule has 0 saturated carbocycles. The van der Waals surface area contributed by atoms with E-state index in [0.29, 0.717) is 5.56 Å². The van der Waals surface area contributed by atoms with Crippen LogP contribution in [0.1, 0.15) is 12.0 Å². The molecule has 0 heterocycles. The van der Waals surface area contributed by atoms with Crippen molar-refractivity contribution in [1.82, 2.24) is 0 Å². The molecule has 0 saturated heterocycles. The molecule has 1 unspecified atom stereocenters. The van der Waals surface area contributed by atoms with E-state index in [0.717, 1.165) is 11.1 Å². The molecule has 0 fully saturated rings. The highest BCUT2D eigenvalue weighted by Crippen LogP contribution is 2.36. The lowest BCUT2D eigenvalue weighted by molar-refractivity contribution is -0.374. The van der Waals surface area contributed by atoms with Crippen molar-refractivity contribution in [1.29, 1.82) is 0 Å². The lowest BCUT2D eigenvalue weighted by atomic mass is 9.85. The molecule has 0 aromatic heterocycles. The van der Waals surface area contributed by atoms with E-state index in [4.69, 9.17) is 5.26 Å². The van der Waals surface area contributed by atoms with E-state index in [1.54, 1.807) is 12.1 Å². The van der Waals surface area contributed by atoms with E-state index in [9.17, 15) is 10.4 Å². The van der Waals surface area contributed by atoms with Gasteiger partial charge in [0.05, 0.1) is 0 Å². The summed E-state index contributed by atoms with van der Waals surface area (Å²) in [5.41, 5.74) is 1.06. The Hall–Kier alpha value is -1.76. The minimum absolute atomic E-state index is 0.0773. The van der Waals surface area contributed by atoms with E-state index >= 15 is 0 Å². The molecule has 0 aliphatic heterocycles. The number of aliphatic hydroxyl groups is 1. The summed E-state index contributed by atoms with van der Waals surface area (Å²) in [5.74, 6) is 0. The predicted octanol–water partition coefficient (Wildman–Crippen LogP) is 2.91. The molecule has 5 nitrogen and oxygen atoms in total. The van der Waals surface area contributed by atoms with Crippen LogP contribution in [0.3, 0.4) is 0 Å². The molecule has 0 aliphatic rings. The van der Waals surface area contributed by atoms with Gasteiger partial charge < -0.3 is 5.11 Å². The largest absolute Gasteiger partial charge is 0.396 e. The molecule has 0 bridgehead atoms. The Morgan fingerprint density at radius 2 is 1.57 bits per heavy atom. The quantitative estimate of drug-likeness (QED) is 0.540. The van der Waals surface area contributed by atoms with Gasteiger partial charge in [-0.1, -0.05) is 54.6 Å². The lowest BCUT2D eigenvalue weighted by Crippen LogP contribution is -2.35. The van der Waals surface area contributed by atoms with Gasteiger partial charge in [0.2, 0.25) is 0 Å². The normalized spacial score (nSPS) is 13.9. The first kappa shape index (κ1) is 15.6. The fourth-order valence-corrected chi connectivity index (χ4v) is 2.44. The number of aliphatic hydroxyl groups excluding tert-OH is 1. The standard InChI is InChI=1S/C16H18O5/c17-11-10-16(21-19,12-20-18)15-9-5-4-8-14(15)13-6-2-1-3-7-13/h1-9,17-19H,10-12H2. The summed E-state index contributed by atoms with van der Waals surface area (Å²) >= 11 is 0. The van der Waals surface area contributed by atoms with Crippen LogP contribution < -0.4 is 0 Å². The maximum absolute atomic E-state index is 9.36. The molecule has 2 rings (SSSR count). The van der Waals surface area contributed by atoms with Gasteiger partial charge in [-0.05, 0) is 16.7 Å². The highest BCUT2D eigenvalue weighted by atomic mass is 17.1. The van der Waals surface area contributed by atoms with Gasteiger partial charge in [0.1, 0.15) is 6.61 Å². The first-order chi connectivity index (χ1) is 10.3. The zero-order valence-electron chi connectivity index (χ0n) is 11.5. The Balaban J connectivity index is 2.56. The molecule has 5 heteroatoms. The van der Waals surface area contributed by atoms with Crippen LogP contribution in [0.2, 0.25) is 0 Å². The lowest BCUT2D eigenvalue weighted by Gasteiger charge is -2.30. The van der Waals surface area contributed by atoms with E-state index < -0.39 is 5.60 Å². The SMILES string of the molecule is OCCC(COO)(OO)c1ccccc1-c1ccccc1. The molecule has 2 aromatic rings. The Morgan fingerprint density at radius 3 is 2.19 bits per heavy atom. The van der Waals surface area contributed by atoms with Crippen LogP contribution in [0.15, 0.2) is 54.6 Å². The molecular formula is C16H18O5. The monoisotopic (exact) mass is 290 g/mol. The summed E-state index contributed by atoms with van der Waals surface area (Å²) in [7, 11) is 0. The third-order valence-corrected chi connectivity index (χ3v) is 3.49. The summed E-state index contributed by atoms with van der Waals surface area (Å²) in [6, 6.07) is 16.9. The van der Waals surface area contributed by atoms with Crippen molar-refractivity contribution in [2.75, 3.05) is 13.2 Å². The second kappa shape index (κ2) is 7.31. The number of rotatable bonds is 7. The molecule has 0 aliphatic carbocycles. The number of hydrogen-bond acceptors (Lipinski definition) is 5. The molecule has 21 heavy (non-hydrogen) atoms. The Labute approximate surface area is 122 Å². The fraction of sp³-hybridized carbons (Fsp3) is 0.250. The van der Waals surface area contributed by atoms with Crippen molar-refractivity contribution in [3.8, 4) is 11.1 Å². The Morgan fingerprint density at radius 1 is 0.905 bits per heavy atom. The zero-order chi connectivity index (χ0) is 15.1. The van der Waals surface area contributed by atoms with Gasteiger partial charge in [0.15, 0.2) is 5.60 Å². The van der Waals surface area contributed by atoms with Crippen molar-refractivity contribution in [3.63, 3.8) is 0 Å². The van der Waals surface area contributed by atoms with Crippen LogP contribution in [0, 0.1) is 0 Å². The molecule has 0 radical (unpaired) electrons.